The van der Waals surface area contributed by atoms with Gasteiger partial charge in [0.15, 0.2) is 9.84 Å². The summed E-state index contributed by atoms with van der Waals surface area (Å²) in [7, 11) is -3.16. The Bertz CT molecular complexity index is 690. The van der Waals surface area contributed by atoms with Gasteiger partial charge in [-0.15, -0.1) is 0 Å². The first kappa shape index (κ1) is 15.7. The van der Waals surface area contributed by atoms with Crippen molar-refractivity contribution in [3.63, 3.8) is 0 Å². The van der Waals surface area contributed by atoms with Crippen molar-refractivity contribution in [1.82, 2.24) is 15.1 Å². The fourth-order valence-corrected chi connectivity index (χ4v) is 2.99. The molecular weight excluding hydrogens is 286 g/mol. The molecule has 1 atom stereocenters. The van der Waals surface area contributed by atoms with Crippen molar-refractivity contribution in [3.05, 3.63) is 47.8 Å². The molecule has 0 aliphatic carbocycles. The standard InChI is InChI=1S/C15H21N3O2S/c1-4-16-15(14-10-11-17-18(14)5-2)12-6-8-13(9-7-12)21(3,19)20/h6-11,15-16H,4-5H2,1-3H3. The molecule has 1 aromatic carbocycles. The quantitative estimate of drug-likeness (QED) is 0.886. The van der Waals surface area contributed by atoms with Crippen LogP contribution in [-0.4, -0.2) is 31.0 Å². The normalized spacial score (nSPS) is 13.3. The van der Waals surface area contributed by atoms with Crippen LogP contribution in [0.3, 0.4) is 0 Å². The molecule has 0 spiro atoms. The minimum Gasteiger partial charge on any atom is -0.305 e. The van der Waals surface area contributed by atoms with Gasteiger partial charge in [0.1, 0.15) is 0 Å². The minimum atomic E-state index is -3.16. The Morgan fingerprint density at radius 3 is 2.38 bits per heavy atom. The lowest BCUT2D eigenvalue weighted by Gasteiger charge is -2.19. The van der Waals surface area contributed by atoms with Crippen LogP contribution in [0.5, 0.6) is 0 Å². The first-order valence-corrected chi connectivity index (χ1v) is 8.91. The van der Waals surface area contributed by atoms with Gasteiger partial charge in [0.2, 0.25) is 0 Å². The van der Waals surface area contributed by atoms with Gasteiger partial charge in [-0.25, -0.2) is 8.42 Å². The van der Waals surface area contributed by atoms with E-state index >= 15 is 0 Å². The van der Waals surface area contributed by atoms with Crippen LogP contribution in [0.4, 0.5) is 0 Å². The predicted molar refractivity (Wildman–Crippen MR) is 83.0 cm³/mol. The fourth-order valence-electron chi connectivity index (χ4n) is 2.36. The largest absolute Gasteiger partial charge is 0.305 e. The first-order chi connectivity index (χ1) is 9.97. The zero-order chi connectivity index (χ0) is 15.5. The maximum atomic E-state index is 11.5. The SMILES string of the molecule is CCNC(c1ccc(S(C)(=O)=O)cc1)c1ccnn1CC. The van der Waals surface area contributed by atoms with E-state index in [9.17, 15) is 8.42 Å². The van der Waals surface area contributed by atoms with Crippen molar-refractivity contribution in [3.8, 4) is 0 Å². The summed E-state index contributed by atoms with van der Waals surface area (Å²) < 4.78 is 25.0. The Hall–Kier alpha value is -1.66. The summed E-state index contributed by atoms with van der Waals surface area (Å²) >= 11 is 0. The Morgan fingerprint density at radius 2 is 1.86 bits per heavy atom. The lowest BCUT2D eigenvalue weighted by molar-refractivity contribution is 0.542. The molecule has 114 valence electrons. The van der Waals surface area contributed by atoms with E-state index in [0.717, 1.165) is 24.3 Å². The van der Waals surface area contributed by atoms with Crippen LogP contribution in [0.1, 0.15) is 31.1 Å². The van der Waals surface area contributed by atoms with Gasteiger partial charge in [0.25, 0.3) is 0 Å². The van der Waals surface area contributed by atoms with E-state index < -0.39 is 9.84 Å². The summed E-state index contributed by atoms with van der Waals surface area (Å²) in [6.45, 7) is 5.70. The highest BCUT2D eigenvalue weighted by Gasteiger charge is 2.17. The molecule has 21 heavy (non-hydrogen) atoms. The van der Waals surface area contributed by atoms with Crippen LogP contribution >= 0.6 is 0 Å². The van der Waals surface area contributed by atoms with E-state index in [1.807, 2.05) is 36.7 Å². The van der Waals surface area contributed by atoms with Gasteiger partial charge in [-0.2, -0.15) is 5.10 Å². The molecule has 0 saturated heterocycles. The molecule has 0 aliphatic rings. The number of benzene rings is 1. The zero-order valence-electron chi connectivity index (χ0n) is 12.6. The molecule has 0 fully saturated rings. The number of nitrogens with zero attached hydrogens (tertiary/aromatic N) is 2. The van der Waals surface area contributed by atoms with E-state index in [2.05, 4.69) is 10.4 Å². The Labute approximate surface area is 125 Å². The van der Waals surface area contributed by atoms with Crippen LogP contribution < -0.4 is 5.32 Å². The van der Waals surface area contributed by atoms with Crippen LogP contribution in [0.2, 0.25) is 0 Å². The van der Waals surface area contributed by atoms with E-state index in [4.69, 9.17) is 0 Å². The van der Waals surface area contributed by atoms with Crippen molar-refractivity contribution >= 4 is 9.84 Å². The average molecular weight is 307 g/mol. The molecule has 0 radical (unpaired) electrons. The summed E-state index contributed by atoms with van der Waals surface area (Å²) in [5, 5.41) is 7.72. The molecule has 1 aromatic heterocycles. The highest BCUT2D eigenvalue weighted by atomic mass is 32.2. The molecular formula is C15H21N3O2S. The molecule has 1 N–H and O–H groups in total. The molecule has 0 aliphatic heterocycles. The Kier molecular flexibility index (Phi) is 4.80. The van der Waals surface area contributed by atoms with Crippen molar-refractivity contribution in [2.24, 2.45) is 0 Å². The van der Waals surface area contributed by atoms with Crippen molar-refractivity contribution in [1.29, 1.82) is 0 Å². The number of aryl methyl sites for hydroxylation is 1. The smallest absolute Gasteiger partial charge is 0.175 e. The highest BCUT2D eigenvalue weighted by Crippen LogP contribution is 2.23. The number of rotatable bonds is 6. The summed E-state index contributed by atoms with van der Waals surface area (Å²) in [6.07, 6.45) is 3.00. The molecule has 2 aromatic rings. The second kappa shape index (κ2) is 6.41. The summed E-state index contributed by atoms with van der Waals surface area (Å²) in [5.74, 6) is 0. The number of sulfone groups is 1. The molecule has 1 heterocycles. The van der Waals surface area contributed by atoms with Gasteiger partial charge in [-0.1, -0.05) is 19.1 Å². The maximum absolute atomic E-state index is 11.5. The second-order valence-electron chi connectivity index (χ2n) is 4.90. The highest BCUT2D eigenvalue weighted by molar-refractivity contribution is 7.90. The third-order valence-electron chi connectivity index (χ3n) is 3.39. The monoisotopic (exact) mass is 307 g/mol. The molecule has 0 bridgehead atoms. The van der Waals surface area contributed by atoms with Gasteiger partial charge in [0, 0.05) is 19.0 Å². The van der Waals surface area contributed by atoms with Gasteiger partial charge in [0.05, 0.1) is 16.6 Å². The van der Waals surface area contributed by atoms with Gasteiger partial charge < -0.3 is 5.32 Å². The number of hydrogen-bond acceptors (Lipinski definition) is 4. The zero-order valence-corrected chi connectivity index (χ0v) is 13.4. The molecule has 0 saturated carbocycles. The van der Waals surface area contributed by atoms with E-state index in [1.54, 1.807) is 18.3 Å². The van der Waals surface area contributed by atoms with E-state index in [1.165, 1.54) is 6.26 Å². The molecule has 0 amide bonds. The Morgan fingerprint density at radius 1 is 1.19 bits per heavy atom. The van der Waals surface area contributed by atoms with Crippen molar-refractivity contribution < 1.29 is 8.42 Å². The maximum Gasteiger partial charge on any atom is 0.175 e. The first-order valence-electron chi connectivity index (χ1n) is 7.02. The number of nitrogens with one attached hydrogen (secondary N) is 1. The second-order valence-corrected chi connectivity index (χ2v) is 6.92. The van der Waals surface area contributed by atoms with E-state index in [0.29, 0.717) is 4.90 Å². The minimum absolute atomic E-state index is 0.00561. The van der Waals surface area contributed by atoms with Gasteiger partial charge >= 0.3 is 0 Å². The topological polar surface area (TPSA) is 64.0 Å². The van der Waals surface area contributed by atoms with Crippen LogP contribution in [0.15, 0.2) is 41.4 Å². The molecule has 1 unspecified atom stereocenters. The van der Waals surface area contributed by atoms with Gasteiger partial charge in [-0.3, -0.25) is 4.68 Å². The summed E-state index contributed by atoms with van der Waals surface area (Å²) in [4.78, 5) is 0.338. The predicted octanol–water partition coefficient (Wildman–Crippen LogP) is 2.01. The molecule has 2 rings (SSSR count). The lowest BCUT2D eigenvalue weighted by Crippen LogP contribution is -2.24. The third-order valence-corrected chi connectivity index (χ3v) is 4.52. The number of aromatic nitrogens is 2. The van der Waals surface area contributed by atoms with E-state index in [-0.39, 0.29) is 6.04 Å². The average Bonchev–Trinajstić information content (AvgIpc) is 2.92. The van der Waals surface area contributed by atoms with Gasteiger partial charge in [-0.05, 0) is 37.2 Å². The van der Waals surface area contributed by atoms with Crippen LogP contribution in [-0.2, 0) is 16.4 Å². The van der Waals surface area contributed by atoms with Crippen LogP contribution in [0.25, 0.3) is 0 Å². The number of hydrogen-bond donors (Lipinski definition) is 1. The molecule has 5 nitrogen and oxygen atoms in total. The Balaban J connectivity index is 2.39. The summed E-state index contributed by atoms with van der Waals surface area (Å²) in [6, 6.07) is 9.02. The third kappa shape index (κ3) is 3.51. The molecule has 6 heteroatoms. The summed E-state index contributed by atoms with van der Waals surface area (Å²) in [5.41, 5.74) is 2.10. The fraction of sp³-hybridized carbons (Fsp3) is 0.400. The van der Waals surface area contributed by atoms with Crippen molar-refractivity contribution in [2.75, 3.05) is 12.8 Å². The van der Waals surface area contributed by atoms with Crippen molar-refractivity contribution in [2.45, 2.75) is 31.3 Å². The van der Waals surface area contributed by atoms with Crippen LogP contribution in [0, 0.1) is 0 Å². The lowest BCUT2D eigenvalue weighted by atomic mass is 10.0.